The van der Waals surface area contributed by atoms with Gasteiger partial charge in [-0.2, -0.15) is 11.8 Å². The maximum Gasteiger partial charge on any atom is 0.326 e. The number of rotatable bonds is 18. The van der Waals surface area contributed by atoms with Crippen molar-refractivity contribution >= 4 is 47.3 Å². The summed E-state index contributed by atoms with van der Waals surface area (Å²) in [6.07, 6.45) is 1.63. The summed E-state index contributed by atoms with van der Waals surface area (Å²) < 4.78 is 0. The molecule has 0 heterocycles. The van der Waals surface area contributed by atoms with Gasteiger partial charge in [0, 0.05) is 12.8 Å². The van der Waals surface area contributed by atoms with Crippen LogP contribution in [0.25, 0.3) is 0 Å². The zero-order valence-corrected chi connectivity index (χ0v) is 25.5. The molecule has 44 heavy (non-hydrogen) atoms. The van der Waals surface area contributed by atoms with Gasteiger partial charge in [0.1, 0.15) is 24.2 Å². The molecule has 238 valence electrons. The standard InChI is InChI=1S/C30H40N6O7S/c1-18(33-27(39)21(31)13-14-44-2)26(38)34-22(15-19-9-5-3-6-10-19)28(40)35-23(17-25(32)37)29(41)36-24(30(42)43)16-20-11-7-4-8-12-20/h3-12,18,21-24H,13-17,31H2,1-2H3,(H2,32,37)(H,33,39)(H,34,38)(H,35,40)(H,36,41)(H,42,43). The second-order valence-corrected chi connectivity index (χ2v) is 11.2. The first-order valence-corrected chi connectivity index (χ1v) is 15.4. The number of carboxylic acids is 1. The van der Waals surface area contributed by atoms with E-state index in [4.69, 9.17) is 11.5 Å². The molecule has 2 aromatic carbocycles. The first kappa shape index (κ1) is 35.8. The lowest BCUT2D eigenvalue weighted by Crippen LogP contribution is -2.59. The highest BCUT2D eigenvalue weighted by atomic mass is 32.2. The molecule has 0 aromatic heterocycles. The minimum Gasteiger partial charge on any atom is -0.480 e. The van der Waals surface area contributed by atoms with Crippen molar-refractivity contribution in [3.05, 3.63) is 71.8 Å². The van der Waals surface area contributed by atoms with Crippen molar-refractivity contribution in [1.82, 2.24) is 21.3 Å². The van der Waals surface area contributed by atoms with Crippen LogP contribution >= 0.6 is 11.8 Å². The molecule has 0 aliphatic carbocycles. The number of nitrogens with one attached hydrogen (secondary N) is 4. The molecule has 13 nitrogen and oxygen atoms in total. The fraction of sp³-hybridized carbons (Fsp3) is 0.400. The molecule has 14 heteroatoms. The first-order valence-electron chi connectivity index (χ1n) is 14.0. The lowest BCUT2D eigenvalue weighted by atomic mass is 10.0. The largest absolute Gasteiger partial charge is 0.480 e. The van der Waals surface area contributed by atoms with E-state index in [9.17, 15) is 33.9 Å². The Morgan fingerprint density at radius 1 is 0.727 bits per heavy atom. The predicted octanol–water partition coefficient (Wildman–Crippen LogP) is -0.529. The summed E-state index contributed by atoms with van der Waals surface area (Å²) in [6.45, 7) is 1.44. The number of hydrogen-bond acceptors (Lipinski definition) is 8. The zero-order chi connectivity index (χ0) is 32.6. The Morgan fingerprint density at radius 2 is 1.20 bits per heavy atom. The number of carboxylic acid groups (broad SMARTS) is 1. The number of carbonyl (C=O) groups is 6. The molecular weight excluding hydrogens is 588 g/mol. The molecule has 0 saturated carbocycles. The lowest BCUT2D eigenvalue weighted by molar-refractivity contribution is -0.142. The van der Waals surface area contributed by atoms with Crippen LogP contribution in [-0.4, -0.2) is 82.8 Å². The average Bonchev–Trinajstić information content (AvgIpc) is 2.99. The van der Waals surface area contributed by atoms with Gasteiger partial charge in [-0.05, 0) is 36.5 Å². The number of aliphatic carboxylic acids is 1. The van der Waals surface area contributed by atoms with Gasteiger partial charge in [-0.1, -0.05) is 60.7 Å². The highest BCUT2D eigenvalue weighted by molar-refractivity contribution is 7.98. The van der Waals surface area contributed by atoms with Gasteiger partial charge in [-0.15, -0.1) is 0 Å². The molecule has 9 N–H and O–H groups in total. The molecule has 0 aliphatic rings. The van der Waals surface area contributed by atoms with E-state index in [-0.39, 0.29) is 12.8 Å². The number of hydrogen-bond donors (Lipinski definition) is 7. The maximum atomic E-state index is 13.5. The van der Waals surface area contributed by atoms with Gasteiger partial charge in [-0.3, -0.25) is 24.0 Å². The van der Waals surface area contributed by atoms with Crippen molar-refractivity contribution in [1.29, 1.82) is 0 Å². The molecule has 0 spiro atoms. The molecule has 0 saturated heterocycles. The third-order valence-corrected chi connectivity index (χ3v) is 7.22. The van der Waals surface area contributed by atoms with Gasteiger partial charge < -0.3 is 37.8 Å². The Hall–Kier alpha value is -4.43. The number of thioether (sulfide) groups is 1. The molecule has 5 amide bonds. The molecule has 0 aliphatic heterocycles. The van der Waals surface area contributed by atoms with Crippen molar-refractivity contribution in [2.45, 2.75) is 62.8 Å². The van der Waals surface area contributed by atoms with Crippen molar-refractivity contribution in [3.8, 4) is 0 Å². The lowest BCUT2D eigenvalue weighted by Gasteiger charge is -2.25. The summed E-state index contributed by atoms with van der Waals surface area (Å²) in [6, 6.07) is 11.3. The minimum absolute atomic E-state index is 0.00296. The van der Waals surface area contributed by atoms with Gasteiger partial charge in [-0.25, -0.2) is 4.79 Å². The van der Waals surface area contributed by atoms with Gasteiger partial charge >= 0.3 is 5.97 Å². The molecule has 0 fully saturated rings. The highest BCUT2D eigenvalue weighted by Crippen LogP contribution is 2.08. The van der Waals surface area contributed by atoms with E-state index in [0.717, 1.165) is 0 Å². The molecule has 2 aromatic rings. The Kier molecular flexibility index (Phi) is 14.9. The molecule has 5 unspecified atom stereocenters. The van der Waals surface area contributed by atoms with Crippen LogP contribution in [0.1, 0.15) is 30.9 Å². The van der Waals surface area contributed by atoms with E-state index in [1.165, 1.54) is 18.7 Å². The highest BCUT2D eigenvalue weighted by Gasteiger charge is 2.32. The van der Waals surface area contributed by atoms with Crippen LogP contribution in [0.5, 0.6) is 0 Å². The Labute approximate surface area is 260 Å². The number of benzene rings is 2. The van der Waals surface area contributed by atoms with E-state index in [1.807, 2.05) is 6.26 Å². The fourth-order valence-corrected chi connectivity index (χ4v) is 4.61. The maximum absolute atomic E-state index is 13.5. The van der Waals surface area contributed by atoms with E-state index < -0.39 is 72.1 Å². The van der Waals surface area contributed by atoms with Crippen molar-refractivity contribution in [2.24, 2.45) is 11.5 Å². The summed E-state index contributed by atoms with van der Waals surface area (Å²) in [4.78, 5) is 75.8. The Balaban J connectivity index is 2.20. The van der Waals surface area contributed by atoms with Crippen LogP contribution < -0.4 is 32.7 Å². The first-order chi connectivity index (χ1) is 20.9. The van der Waals surface area contributed by atoms with E-state index in [0.29, 0.717) is 23.3 Å². The topological polar surface area (TPSA) is 223 Å². The van der Waals surface area contributed by atoms with Crippen molar-refractivity contribution in [3.63, 3.8) is 0 Å². The van der Waals surface area contributed by atoms with Crippen LogP contribution in [0.3, 0.4) is 0 Å². The summed E-state index contributed by atoms with van der Waals surface area (Å²) in [5.74, 6) is -4.54. The van der Waals surface area contributed by atoms with Gasteiger partial charge in [0.25, 0.3) is 0 Å². The molecular formula is C30H40N6O7S. The summed E-state index contributed by atoms with van der Waals surface area (Å²) >= 11 is 1.53. The molecule has 2 rings (SSSR count). The summed E-state index contributed by atoms with van der Waals surface area (Å²) in [5.41, 5.74) is 12.5. The summed E-state index contributed by atoms with van der Waals surface area (Å²) in [5, 5.41) is 19.6. The summed E-state index contributed by atoms with van der Waals surface area (Å²) in [7, 11) is 0. The van der Waals surface area contributed by atoms with Crippen LogP contribution in [-0.2, 0) is 41.6 Å². The molecule has 0 radical (unpaired) electrons. The monoisotopic (exact) mass is 628 g/mol. The number of carbonyl (C=O) groups excluding carboxylic acids is 5. The average molecular weight is 629 g/mol. The third kappa shape index (κ3) is 12.4. The number of nitrogens with two attached hydrogens (primary N) is 2. The quantitative estimate of drug-likeness (QED) is 0.113. The minimum atomic E-state index is -1.53. The van der Waals surface area contributed by atoms with Crippen LogP contribution in [0, 0.1) is 0 Å². The Bertz CT molecular complexity index is 1280. The molecule has 0 bridgehead atoms. The van der Waals surface area contributed by atoms with E-state index in [2.05, 4.69) is 21.3 Å². The normalized spacial score (nSPS) is 14.2. The van der Waals surface area contributed by atoms with E-state index in [1.54, 1.807) is 60.7 Å². The van der Waals surface area contributed by atoms with Gasteiger partial charge in [0.2, 0.25) is 29.5 Å². The Morgan fingerprint density at radius 3 is 1.70 bits per heavy atom. The van der Waals surface area contributed by atoms with E-state index >= 15 is 0 Å². The second-order valence-electron chi connectivity index (χ2n) is 10.2. The van der Waals surface area contributed by atoms with Crippen molar-refractivity contribution in [2.75, 3.05) is 12.0 Å². The van der Waals surface area contributed by atoms with Crippen molar-refractivity contribution < 1.29 is 33.9 Å². The van der Waals surface area contributed by atoms with Crippen LogP contribution in [0.4, 0.5) is 0 Å². The smallest absolute Gasteiger partial charge is 0.326 e. The number of amides is 5. The zero-order valence-electron chi connectivity index (χ0n) is 24.7. The second kappa shape index (κ2) is 18.3. The van der Waals surface area contributed by atoms with Crippen LogP contribution in [0.2, 0.25) is 0 Å². The SMILES string of the molecule is CSCCC(N)C(=O)NC(C)C(=O)NC(Cc1ccccc1)C(=O)NC(CC(N)=O)C(=O)NC(Cc1ccccc1)C(=O)O. The third-order valence-electron chi connectivity index (χ3n) is 6.57. The fourth-order valence-electron chi connectivity index (χ4n) is 4.12. The molecule has 5 atom stereocenters. The number of primary amides is 1. The van der Waals surface area contributed by atoms with Gasteiger partial charge in [0.05, 0.1) is 12.5 Å². The predicted molar refractivity (Wildman–Crippen MR) is 166 cm³/mol. The van der Waals surface area contributed by atoms with Gasteiger partial charge in [0.15, 0.2) is 0 Å². The van der Waals surface area contributed by atoms with Crippen LogP contribution in [0.15, 0.2) is 60.7 Å².